The largest absolute Gasteiger partial charge is 0.469 e. The molecular weight excluding hydrogens is 436 g/mol. The van der Waals surface area contributed by atoms with Crippen molar-refractivity contribution in [2.24, 2.45) is 23.7 Å². The van der Waals surface area contributed by atoms with E-state index < -0.39 is 8.32 Å². The highest BCUT2D eigenvalue weighted by Crippen LogP contribution is 2.37. The van der Waals surface area contributed by atoms with Crippen LogP contribution in [0.25, 0.3) is 0 Å². The summed E-state index contributed by atoms with van der Waals surface area (Å²) >= 11 is 0. The van der Waals surface area contributed by atoms with Crippen molar-refractivity contribution in [2.75, 3.05) is 13.7 Å². The van der Waals surface area contributed by atoms with Crippen molar-refractivity contribution in [2.45, 2.75) is 72.8 Å². The monoisotopic (exact) mass is 482 g/mol. The number of ether oxygens (including phenoxy) is 1. The highest BCUT2D eigenvalue weighted by molar-refractivity contribution is 6.99. The topological polar surface area (TPSA) is 35.5 Å². The Morgan fingerprint density at radius 1 is 0.765 bits per heavy atom. The summed E-state index contributed by atoms with van der Waals surface area (Å²) in [6.07, 6.45) is 3.12. The smallest absolute Gasteiger partial charge is 0.308 e. The van der Waals surface area contributed by atoms with E-state index >= 15 is 0 Å². The van der Waals surface area contributed by atoms with Gasteiger partial charge in [-0.05, 0) is 52.4 Å². The van der Waals surface area contributed by atoms with Crippen LogP contribution in [-0.4, -0.2) is 28.0 Å². The van der Waals surface area contributed by atoms with E-state index in [9.17, 15) is 4.79 Å². The maximum atomic E-state index is 11.8. The predicted octanol–water partition coefficient (Wildman–Crippen LogP) is 6.45. The molecule has 0 amide bonds. The summed E-state index contributed by atoms with van der Waals surface area (Å²) < 4.78 is 12.0. The standard InChI is InChI=1S/C30H46O3Si/c1-23(19-24(2)21-26(4)29(31)32-8)20-25(3)22-33-34(30(5,6)7,27-15-11-9-12-16-27)28-17-13-10-14-18-28/h9-18,23-26H,19-22H2,1-8H3/t23-,24-,25+,26+/m0/s1. The molecule has 0 unspecified atom stereocenters. The van der Waals surface area contributed by atoms with Crippen LogP contribution in [-0.2, 0) is 14.0 Å². The molecule has 0 aliphatic carbocycles. The number of carbonyl (C=O) groups is 1. The third-order valence-corrected chi connectivity index (χ3v) is 12.0. The summed E-state index contributed by atoms with van der Waals surface area (Å²) in [5, 5.41) is 2.67. The van der Waals surface area contributed by atoms with Gasteiger partial charge in [-0.15, -0.1) is 0 Å². The molecule has 4 atom stereocenters. The number of hydrogen-bond donors (Lipinski definition) is 0. The van der Waals surface area contributed by atoms with Gasteiger partial charge in [0.2, 0.25) is 0 Å². The van der Waals surface area contributed by atoms with E-state index in [0.717, 1.165) is 25.9 Å². The van der Waals surface area contributed by atoms with Crippen LogP contribution >= 0.6 is 0 Å². The van der Waals surface area contributed by atoms with Gasteiger partial charge < -0.3 is 9.16 Å². The summed E-state index contributed by atoms with van der Waals surface area (Å²) in [7, 11) is -1.01. The maximum Gasteiger partial charge on any atom is 0.308 e. The Labute approximate surface area is 209 Å². The minimum Gasteiger partial charge on any atom is -0.469 e. The van der Waals surface area contributed by atoms with E-state index in [-0.39, 0.29) is 16.9 Å². The molecule has 0 saturated heterocycles. The molecule has 2 aromatic rings. The van der Waals surface area contributed by atoms with Crippen LogP contribution in [0.15, 0.2) is 60.7 Å². The average molecular weight is 483 g/mol. The molecule has 0 saturated carbocycles. The van der Waals surface area contributed by atoms with E-state index in [2.05, 4.69) is 102 Å². The molecule has 0 aromatic heterocycles. The fraction of sp³-hybridized carbons (Fsp3) is 0.567. The fourth-order valence-electron chi connectivity index (χ4n) is 5.56. The highest BCUT2D eigenvalue weighted by atomic mass is 28.4. The number of benzene rings is 2. The van der Waals surface area contributed by atoms with Crippen molar-refractivity contribution >= 4 is 24.7 Å². The Hall–Kier alpha value is -1.91. The molecule has 0 aliphatic rings. The molecule has 0 aliphatic heterocycles. The van der Waals surface area contributed by atoms with Gasteiger partial charge >= 0.3 is 5.97 Å². The van der Waals surface area contributed by atoms with Crippen LogP contribution in [0, 0.1) is 23.7 Å². The summed E-state index contributed by atoms with van der Waals surface area (Å²) in [4.78, 5) is 11.8. The zero-order chi connectivity index (χ0) is 25.4. The zero-order valence-electron chi connectivity index (χ0n) is 22.6. The summed E-state index contributed by atoms with van der Waals surface area (Å²) in [6.45, 7) is 16.6. The zero-order valence-corrected chi connectivity index (χ0v) is 23.6. The Bertz CT molecular complexity index is 820. The van der Waals surface area contributed by atoms with Crippen LogP contribution in [0.2, 0.25) is 5.04 Å². The molecular formula is C30H46O3Si. The second-order valence-electron chi connectivity index (χ2n) is 11.4. The van der Waals surface area contributed by atoms with Crippen LogP contribution in [0.1, 0.15) is 67.7 Å². The van der Waals surface area contributed by atoms with Crippen molar-refractivity contribution in [1.82, 2.24) is 0 Å². The van der Waals surface area contributed by atoms with Gasteiger partial charge in [0.25, 0.3) is 8.32 Å². The predicted molar refractivity (Wildman–Crippen MR) is 146 cm³/mol. The van der Waals surface area contributed by atoms with Crippen LogP contribution < -0.4 is 10.4 Å². The minimum atomic E-state index is -2.49. The molecule has 2 rings (SSSR count). The van der Waals surface area contributed by atoms with E-state index in [1.54, 1.807) is 0 Å². The molecule has 0 N–H and O–H groups in total. The molecule has 0 heterocycles. The van der Waals surface area contributed by atoms with Crippen molar-refractivity contribution in [3.05, 3.63) is 60.7 Å². The lowest BCUT2D eigenvalue weighted by Crippen LogP contribution is -2.66. The summed E-state index contributed by atoms with van der Waals surface area (Å²) in [5.74, 6) is 1.39. The number of rotatable bonds is 12. The fourth-order valence-corrected chi connectivity index (χ4v) is 10.3. The average Bonchev–Trinajstić information content (AvgIpc) is 2.79. The van der Waals surface area contributed by atoms with Gasteiger partial charge in [-0.25, -0.2) is 0 Å². The third kappa shape index (κ3) is 7.29. The second-order valence-corrected chi connectivity index (χ2v) is 15.7. The third-order valence-electron chi connectivity index (χ3n) is 6.97. The minimum absolute atomic E-state index is 0.000415. The molecule has 0 bridgehead atoms. The normalized spacial score (nSPS) is 15.9. The molecule has 2 aromatic carbocycles. The van der Waals surface area contributed by atoms with Gasteiger partial charge in [-0.1, -0.05) is 109 Å². The van der Waals surface area contributed by atoms with Crippen molar-refractivity contribution in [3.8, 4) is 0 Å². The van der Waals surface area contributed by atoms with Gasteiger partial charge in [0.05, 0.1) is 13.0 Å². The second kappa shape index (κ2) is 12.7. The molecule has 0 spiro atoms. The molecule has 34 heavy (non-hydrogen) atoms. The number of carbonyl (C=O) groups excluding carboxylic acids is 1. The first-order chi connectivity index (χ1) is 16.0. The van der Waals surface area contributed by atoms with Crippen LogP contribution in [0.4, 0.5) is 0 Å². The first-order valence-electron chi connectivity index (χ1n) is 12.8. The van der Waals surface area contributed by atoms with Gasteiger partial charge in [0.1, 0.15) is 0 Å². The van der Waals surface area contributed by atoms with Crippen molar-refractivity contribution < 1.29 is 14.0 Å². The molecule has 3 nitrogen and oxygen atoms in total. The van der Waals surface area contributed by atoms with Crippen molar-refractivity contribution in [1.29, 1.82) is 0 Å². The van der Waals surface area contributed by atoms with Crippen molar-refractivity contribution in [3.63, 3.8) is 0 Å². The van der Waals surface area contributed by atoms with Gasteiger partial charge in [0, 0.05) is 6.61 Å². The lowest BCUT2D eigenvalue weighted by atomic mass is 9.86. The first-order valence-corrected chi connectivity index (χ1v) is 14.7. The van der Waals surface area contributed by atoms with E-state index in [1.165, 1.54) is 17.5 Å². The Kier molecular flexibility index (Phi) is 10.6. The lowest BCUT2D eigenvalue weighted by molar-refractivity contribution is -0.145. The quantitative estimate of drug-likeness (QED) is 0.258. The Morgan fingerprint density at radius 3 is 1.65 bits per heavy atom. The van der Waals surface area contributed by atoms with Gasteiger partial charge in [-0.3, -0.25) is 4.79 Å². The number of esters is 1. The number of hydrogen-bond acceptors (Lipinski definition) is 3. The number of methoxy groups -OCH3 is 1. The first kappa shape index (κ1) is 28.3. The van der Waals surface area contributed by atoms with Gasteiger partial charge in [0.15, 0.2) is 0 Å². The summed E-state index contributed by atoms with van der Waals surface area (Å²) in [5.41, 5.74) is 0. The Balaban J connectivity index is 2.13. The van der Waals surface area contributed by atoms with Crippen LogP contribution in [0.3, 0.4) is 0 Å². The highest BCUT2D eigenvalue weighted by Gasteiger charge is 2.50. The molecule has 188 valence electrons. The molecule has 0 fully saturated rings. The lowest BCUT2D eigenvalue weighted by Gasteiger charge is -2.43. The van der Waals surface area contributed by atoms with Gasteiger partial charge in [-0.2, -0.15) is 0 Å². The SMILES string of the molecule is COC(=O)[C@H](C)C[C@@H](C)C[C@H](C)C[C@@H](C)CO[Si](c1ccccc1)(c1ccccc1)C(C)(C)C. The summed E-state index contributed by atoms with van der Waals surface area (Å²) in [6, 6.07) is 21.7. The maximum absolute atomic E-state index is 11.8. The van der Waals surface area contributed by atoms with Crippen LogP contribution in [0.5, 0.6) is 0 Å². The Morgan fingerprint density at radius 2 is 1.21 bits per heavy atom. The molecule has 4 heteroatoms. The van der Waals surface area contributed by atoms with E-state index in [0.29, 0.717) is 17.8 Å². The van der Waals surface area contributed by atoms with E-state index in [4.69, 9.17) is 9.16 Å². The molecule has 0 radical (unpaired) electrons. The van der Waals surface area contributed by atoms with E-state index in [1.807, 2.05) is 6.92 Å².